The highest BCUT2D eigenvalue weighted by atomic mass is 32.2. The Morgan fingerprint density at radius 1 is 0.824 bits per heavy atom. The molecule has 1 aliphatic heterocycles. The summed E-state index contributed by atoms with van der Waals surface area (Å²) in [6, 6.07) is 24.2. The molecule has 0 spiro atoms. The number of anilines is 3. The van der Waals surface area contributed by atoms with E-state index in [-0.39, 0.29) is 17.7 Å². The predicted octanol–water partition coefficient (Wildman–Crippen LogP) is 6.76. The van der Waals surface area contributed by atoms with Gasteiger partial charge in [-0.1, -0.05) is 61.7 Å². The zero-order chi connectivity index (χ0) is 23.3. The molecule has 2 amide bonds. The molecule has 0 radical (unpaired) electrons. The summed E-state index contributed by atoms with van der Waals surface area (Å²) in [7, 11) is 0. The van der Waals surface area contributed by atoms with Crippen molar-refractivity contribution in [3.63, 3.8) is 0 Å². The van der Waals surface area contributed by atoms with E-state index in [0.717, 1.165) is 60.5 Å². The van der Waals surface area contributed by atoms with Crippen LogP contribution in [-0.2, 0) is 22.4 Å². The lowest BCUT2D eigenvalue weighted by molar-refractivity contribution is -0.120. The molecule has 5 heteroatoms. The molecule has 1 N–H and O–H groups in total. The van der Waals surface area contributed by atoms with E-state index >= 15 is 0 Å². The average Bonchev–Trinajstić information content (AvgIpc) is 3.05. The van der Waals surface area contributed by atoms with E-state index in [2.05, 4.69) is 17.4 Å². The number of carbonyl (C=O) groups is 2. The largest absolute Gasteiger partial charge is 0.326 e. The molecule has 1 aliphatic carbocycles. The van der Waals surface area contributed by atoms with Crippen LogP contribution in [0.5, 0.6) is 0 Å². The van der Waals surface area contributed by atoms with Crippen LogP contribution in [0.3, 0.4) is 0 Å². The fraction of sp³-hybridized carbons (Fsp3) is 0.310. The molecular weight excluding hydrogens is 440 g/mol. The molecule has 1 saturated carbocycles. The smallest absolute Gasteiger partial charge is 0.241 e. The van der Waals surface area contributed by atoms with Crippen molar-refractivity contribution in [1.82, 2.24) is 0 Å². The lowest BCUT2D eigenvalue weighted by Crippen LogP contribution is -2.28. The van der Waals surface area contributed by atoms with Crippen molar-refractivity contribution in [2.24, 2.45) is 5.92 Å². The zero-order valence-electron chi connectivity index (χ0n) is 19.3. The highest BCUT2D eigenvalue weighted by Gasteiger charge is 2.25. The molecule has 4 nitrogen and oxygen atoms in total. The number of amides is 2. The van der Waals surface area contributed by atoms with Gasteiger partial charge in [-0.2, -0.15) is 0 Å². The number of rotatable bonds is 5. The van der Waals surface area contributed by atoms with Gasteiger partial charge in [0.2, 0.25) is 11.8 Å². The van der Waals surface area contributed by atoms with Crippen molar-refractivity contribution in [3.8, 4) is 0 Å². The third-order valence-corrected chi connectivity index (χ3v) is 7.80. The van der Waals surface area contributed by atoms with Gasteiger partial charge < -0.3 is 5.32 Å². The Kier molecular flexibility index (Phi) is 7.00. The fourth-order valence-electron chi connectivity index (χ4n) is 5.03. The van der Waals surface area contributed by atoms with Gasteiger partial charge in [-0.15, -0.1) is 11.8 Å². The predicted molar refractivity (Wildman–Crippen MR) is 140 cm³/mol. The summed E-state index contributed by atoms with van der Waals surface area (Å²) in [5.74, 6) is 0.622. The van der Waals surface area contributed by atoms with E-state index in [1.807, 2.05) is 65.6 Å². The summed E-state index contributed by atoms with van der Waals surface area (Å²) in [5.41, 5.74) is 5.16. The van der Waals surface area contributed by atoms with E-state index in [0.29, 0.717) is 5.75 Å². The number of aryl methyl sites for hydroxylation is 2. The van der Waals surface area contributed by atoms with Crippen LogP contribution in [0.2, 0.25) is 0 Å². The maximum absolute atomic E-state index is 13.6. The molecule has 0 saturated heterocycles. The minimum absolute atomic E-state index is 0.0587. The number of nitrogens with zero attached hydrogens (tertiary/aromatic N) is 1. The van der Waals surface area contributed by atoms with Crippen molar-refractivity contribution in [3.05, 3.63) is 83.9 Å². The second kappa shape index (κ2) is 10.5. The number of fused-ring (bicyclic) bond motifs is 2. The molecule has 0 bridgehead atoms. The van der Waals surface area contributed by atoms with Crippen molar-refractivity contribution in [2.45, 2.75) is 49.8 Å². The van der Waals surface area contributed by atoms with Crippen molar-refractivity contribution >= 4 is 40.6 Å². The average molecular weight is 471 g/mol. The Labute approximate surface area is 205 Å². The third-order valence-electron chi connectivity index (χ3n) is 6.82. The summed E-state index contributed by atoms with van der Waals surface area (Å²) >= 11 is 1.51. The van der Waals surface area contributed by atoms with Crippen molar-refractivity contribution in [2.75, 3.05) is 16.0 Å². The van der Waals surface area contributed by atoms with Crippen LogP contribution < -0.4 is 10.2 Å². The normalized spacial score (nSPS) is 15.7. The van der Waals surface area contributed by atoms with Crippen LogP contribution in [-0.4, -0.2) is 17.6 Å². The molecule has 3 aromatic rings. The lowest BCUT2D eigenvalue weighted by Gasteiger charge is -2.25. The van der Waals surface area contributed by atoms with Crippen LogP contribution in [0, 0.1) is 5.92 Å². The molecule has 34 heavy (non-hydrogen) atoms. The maximum Gasteiger partial charge on any atom is 0.241 e. The number of nitrogens with one attached hydrogen (secondary N) is 1. The van der Waals surface area contributed by atoms with E-state index in [9.17, 15) is 9.59 Å². The third kappa shape index (κ3) is 5.05. The first-order valence-corrected chi connectivity index (χ1v) is 13.2. The molecule has 2 aliphatic rings. The van der Waals surface area contributed by atoms with E-state index in [4.69, 9.17) is 0 Å². The number of hydrogen-bond donors (Lipinski definition) is 1. The molecule has 1 heterocycles. The SMILES string of the molecule is O=C(Nc1cccc(SCC(=O)N2c3ccccc3CCc3ccccc32)c1)C1CCCCC1. The first-order chi connectivity index (χ1) is 16.7. The maximum atomic E-state index is 13.6. The van der Waals surface area contributed by atoms with Gasteiger partial charge in [-0.3, -0.25) is 14.5 Å². The molecule has 0 unspecified atom stereocenters. The van der Waals surface area contributed by atoms with Crippen LogP contribution in [0.25, 0.3) is 0 Å². The summed E-state index contributed by atoms with van der Waals surface area (Å²) < 4.78 is 0. The van der Waals surface area contributed by atoms with Gasteiger partial charge in [-0.25, -0.2) is 0 Å². The Morgan fingerprint density at radius 2 is 1.47 bits per heavy atom. The van der Waals surface area contributed by atoms with Gasteiger partial charge in [0, 0.05) is 16.5 Å². The number of carbonyl (C=O) groups excluding carboxylic acids is 2. The molecule has 5 rings (SSSR count). The van der Waals surface area contributed by atoms with E-state index in [1.54, 1.807) is 0 Å². The minimum atomic E-state index is 0.0587. The Bertz CT molecular complexity index is 1140. The summed E-state index contributed by atoms with van der Waals surface area (Å²) in [4.78, 5) is 29.1. The molecule has 3 aromatic carbocycles. The molecule has 1 fully saturated rings. The monoisotopic (exact) mass is 470 g/mol. The van der Waals surface area contributed by atoms with Gasteiger partial charge in [0.15, 0.2) is 0 Å². The van der Waals surface area contributed by atoms with Gasteiger partial charge in [0.25, 0.3) is 0 Å². The topological polar surface area (TPSA) is 49.4 Å². The van der Waals surface area contributed by atoms with Crippen LogP contribution in [0.1, 0.15) is 43.2 Å². The first-order valence-electron chi connectivity index (χ1n) is 12.2. The van der Waals surface area contributed by atoms with Crippen LogP contribution in [0.4, 0.5) is 17.1 Å². The first kappa shape index (κ1) is 22.7. The molecule has 0 aromatic heterocycles. The lowest BCUT2D eigenvalue weighted by atomic mass is 9.88. The highest BCUT2D eigenvalue weighted by Crippen LogP contribution is 2.37. The minimum Gasteiger partial charge on any atom is -0.326 e. The number of thioether (sulfide) groups is 1. The van der Waals surface area contributed by atoms with Crippen LogP contribution in [0.15, 0.2) is 77.7 Å². The molecule has 174 valence electrons. The molecule has 0 atom stereocenters. The van der Waals surface area contributed by atoms with Gasteiger partial charge in [-0.05, 0) is 67.1 Å². The van der Waals surface area contributed by atoms with Crippen molar-refractivity contribution in [1.29, 1.82) is 0 Å². The standard InChI is InChI=1S/C29H30N2O2S/c32-28(31-26-15-6-4-9-21(26)17-18-22-10-5-7-16-27(22)31)20-34-25-14-8-13-24(19-25)30-29(33)23-11-2-1-3-12-23/h4-10,13-16,19,23H,1-3,11-12,17-18,20H2,(H,30,33). The molecular formula is C29H30N2O2S. The van der Waals surface area contributed by atoms with Crippen molar-refractivity contribution < 1.29 is 9.59 Å². The van der Waals surface area contributed by atoms with Gasteiger partial charge in [0.1, 0.15) is 0 Å². The van der Waals surface area contributed by atoms with E-state index in [1.165, 1.54) is 29.3 Å². The highest BCUT2D eigenvalue weighted by molar-refractivity contribution is 8.00. The Balaban J connectivity index is 1.30. The Morgan fingerprint density at radius 3 is 2.15 bits per heavy atom. The summed E-state index contributed by atoms with van der Waals surface area (Å²) in [6.07, 6.45) is 7.31. The van der Waals surface area contributed by atoms with Gasteiger partial charge >= 0.3 is 0 Å². The van der Waals surface area contributed by atoms with Gasteiger partial charge in [0.05, 0.1) is 17.1 Å². The second-order valence-electron chi connectivity index (χ2n) is 9.13. The Hall–Kier alpha value is -3.05. The second-order valence-corrected chi connectivity index (χ2v) is 10.2. The fourth-order valence-corrected chi connectivity index (χ4v) is 5.84. The quantitative estimate of drug-likeness (QED) is 0.419. The number of hydrogen-bond acceptors (Lipinski definition) is 3. The zero-order valence-corrected chi connectivity index (χ0v) is 20.2. The number of para-hydroxylation sites is 2. The number of benzene rings is 3. The summed E-state index contributed by atoms with van der Waals surface area (Å²) in [6.45, 7) is 0. The van der Waals surface area contributed by atoms with Crippen LogP contribution >= 0.6 is 11.8 Å². The van der Waals surface area contributed by atoms with E-state index < -0.39 is 0 Å². The summed E-state index contributed by atoms with van der Waals surface area (Å²) in [5, 5.41) is 3.09.